The Morgan fingerprint density at radius 2 is 1.66 bits per heavy atom. The number of amides is 1. The van der Waals surface area contributed by atoms with E-state index < -0.39 is 10.0 Å². The van der Waals surface area contributed by atoms with E-state index in [9.17, 15) is 13.2 Å². The summed E-state index contributed by atoms with van der Waals surface area (Å²) in [7, 11) is -3.59. The van der Waals surface area contributed by atoms with E-state index in [1.54, 1.807) is 12.1 Å². The van der Waals surface area contributed by atoms with Crippen LogP contribution in [0.4, 0.5) is 5.69 Å². The van der Waals surface area contributed by atoms with Crippen LogP contribution < -0.4 is 15.4 Å². The van der Waals surface area contributed by atoms with E-state index in [4.69, 9.17) is 0 Å². The van der Waals surface area contributed by atoms with Crippen molar-refractivity contribution in [2.75, 3.05) is 25.0 Å². The molecular weight excluding hydrogens is 386 g/mol. The van der Waals surface area contributed by atoms with E-state index in [-0.39, 0.29) is 23.8 Å². The number of benzene rings is 2. The van der Waals surface area contributed by atoms with Gasteiger partial charge in [-0.1, -0.05) is 24.3 Å². The number of nitrogens with one attached hydrogen (secondary N) is 3. The lowest BCUT2D eigenvalue weighted by Crippen LogP contribution is -2.31. The fraction of sp³-hybridized carbons (Fsp3) is 0.409. The Morgan fingerprint density at radius 3 is 2.45 bits per heavy atom. The average Bonchev–Trinajstić information content (AvgIpc) is 2.74. The van der Waals surface area contributed by atoms with Crippen LogP contribution in [-0.4, -0.2) is 34.0 Å². The van der Waals surface area contributed by atoms with Crippen molar-refractivity contribution < 1.29 is 13.2 Å². The second kappa shape index (κ2) is 10.4. The highest BCUT2D eigenvalue weighted by atomic mass is 32.2. The van der Waals surface area contributed by atoms with Gasteiger partial charge in [0.05, 0.1) is 4.90 Å². The number of carbonyl (C=O) groups excluding carboxylic acids is 1. The topological polar surface area (TPSA) is 87.3 Å². The highest BCUT2D eigenvalue weighted by molar-refractivity contribution is 7.89. The molecule has 0 saturated carbocycles. The molecule has 1 amide bonds. The third-order valence-corrected chi connectivity index (χ3v) is 6.51. The smallest absolute Gasteiger partial charge is 0.240 e. The molecule has 1 aliphatic rings. The van der Waals surface area contributed by atoms with Crippen molar-refractivity contribution in [3.63, 3.8) is 0 Å². The molecule has 0 fully saturated rings. The van der Waals surface area contributed by atoms with E-state index in [2.05, 4.69) is 15.4 Å². The number of anilines is 1. The normalized spacial score (nSPS) is 13.5. The summed E-state index contributed by atoms with van der Waals surface area (Å²) in [5.74, 6) is -0.155. The minimum Gasteiger partial charge on any atom is -0.385 e. The number of sulfonamides is 1. The van der Waals surface area contributed by atoms with Crippen molar-refractivity contribution in [2.45, 2.75) is 43.4 Å². The fourth-order valence-corrected chi connectivity index (χ4v) is 4.53. The van der Waals surface area contributed by atoms with Crippen molar-refractivity contribution in [3.8, 4) is 0 Å². The molecule has 0 radical (unpaired) electrons. The van der Waals surface area contributed by atoms with Gasteiger partial charge in [0.2, 0.25) is 15.9 Å². The maximum atomic E-state index is 12.5. The van der Waals surface area contributed by atoms with E-state index >= 15 is 0 Å². The largest absolute Gasteiger partial charge is 0.385 e. The Hall–Kier alpha value is -2.38. The van der Waals surface area contributed by atoms with Crippen molar-refractivity contribution in [1.82, 2.24) is 10.0 Å². The molecule has 2 aromatic rings. The van der Waals surface area contributed by atoms with Gasteiger partial charge >= 0.3 is 0 Å². The van der Waals surface area contributed by atoms with Crippen LogP contribution in [0, 0.1) is 0 Å². The zero-order valence-corrected chi connectivity index (χ0v) is 17.4. The summed E-state index contributed by atoms with van der Waals surface area (Å²) in [6.45, 7) is 1.40. The molecule has 3 N–H and O–H groups in total. The van der Waals surface area contributed by atoms with Crippen molar-refractivity contribution in [2.24, 2.45) is 0 Å². The predicted octanol–water partition coefficient (Wildman–Crippen LogP) is 2.85. The van der Waals surface area contributed by atoms with Crippen LogP contribution >= 0.6 is 0 Å². The van der Waals surface area contributed by atoms with Crippen LogP contribution in [-0.2, 0) is 27.7 Å². The Kier molecular flexibility index (Phi) is 7.66. The van der Waals surface area contributed by atoms with Gasteiger partial charge in [0.25, 0.3) is 0 Å². The second-order valence-electron chi connectivity index (χ2n) is 7.28. The number of fused-ring (bicyclic) bond motifs is 1. The third-order valence-electron chi connectivity index (χ3n) is 5.05. The number of carbonyl (C=O) groups is 1. The first-order valence-electron chi connectivity index (χ1n) is 10.2. The number of rotatable bonds is 10. The van der Waals surface area contributed by atoms with E-state index in [0.29, 0.717) is 6.54 Å². The van der Waals surface area contributed by atoms with Gasteiger partial charge in [0, 0.05) is 31.7 Å². The van der Waals surface area contributed by atoms with Crippen LogP contribution in [0.1, 0.15) is 36.8 Å². The molecule has 7 heteroatoms. The monoisotopic (exact) mass is 415 g/mol. The van der Waals surface area contributed by atoms with Crippen LogP contribution in [0.15, 0.2) is 53.4 Å². The predicted molar refractivity (Wildman–Crippen MR) is 115 cm³/mol. The number of hydrogen-bond acceptors (Lipinski definition) is 4. The number of aryl methyl sites for hydroxylation is 2. The van der Waals surface area contributed by atoms with Crippen LogP contribution in [0.3, 0.4) is 0 Å². The van der Waals surface area contributed by atoms with Gasteiger partial charge in [-0.05, 0) is 67.5 Å². The van der Waals surface area contributed by atoms with Gasteiger partial charge in [0.15, 0.2) is 0 Å². The molecule has 0 atom stereocenters. The summed E-state index contributed by atoms with van der Waals surface area (Å²) in [5.41, 5.74) is 3.42. The van der Waals surface area contributed by atoms with Gasteiger partial charge in [-0.25, -0.2) is 13.1 Å². The summed E-state index contributed by atoms with van der Waals surface area (Å²) >= 11 is 0. The van der Waals surface area contributed by atoms with Gasteiger partial charge < -0.3 is 10.6 Å². The van der Waals surface area contributed by atoms with E-state index in [1.165, 1.54) is 5.56 Å². The van der Waals surface area contributed by atoms with Crippen LogP contribution in [0.5, 0.6) is 0 Å². The quantitative estimate of drug-likeness (QED) is 0.521. The summed E-state index contributed by atoms with van der Waals surface area (Å²) in [4.78, 5) is 12.2. The molecule has 0 saturated heterocycles. The van der Waals surface area contributed by atoms with Crippen LogP contribution in [0.2, 0.25) is 0 Å². The van der Waals surface area contributed by atoms with Gasteiger partial charge in [-0.15, -0.1) is 0 Å². The Labute approximate surface area is 173 Å². The zero-order chi connectivity index (χ0) is 20.5. The summed E-state index contributed by atoms with van der Waals surface area (Å²) in [6.07, 6.45) is 5.13. The molecule has 0 aromatic heterocycles. The van der Waals surface area contributed by atoms with Gasteiger partial charge in [0.1, 0.15) is 0 Å². The standard InChI is InChI=1S/C22H29N3O3S/c26-22(24-15-6-14-23-20-9-2-1-3-10-20)13-16-25-29(27,28)21-12-11-18-7-4-5-8-19(18)17-21/h1-3,9-12,17,23,25H,4-8,13-16H2,(H,24,26). The molecule has 0 spiro atoms. The number of para-hydroxylation sites is 1. The molecule has 0 aliphatic heterocycles. The lowest BCUT2D eigenvalue weighted by atomic mass is 9.92. The Morgan fingerprint density at radius 1 is 0.897 bits per heavy atom. The highest BCUT2D eigenvalue weighted by Gasteiger charge is 2.17. The molecule has 3 rings (SSSR count). The van der Waals surface area contributed by atoms with Gasteiger partial charge in [-0.2, -0.15) is 0 Å². The Bertz CT molecular complexity index is 914. The fourth-order valence-electron chi connectivity index (χ4n) is 3.45. The molecule has 1 aliphatic carbocycles. The van der Waals surface area contributed by atoms with Crippen LogP contribution in [0.25, 0.3) is 0 Å². The first-order valence-corrected chi connectivity index (χ1v) is 11.7. The lowest BCUT2D eigenvalue weighted by Gasteiger charge is -2.16. The molecule has 2 aromatic carbocycles. The maximum Gasteiger partial charge on any atom is 0.240 e. The summed E-state index contributed by atoms with van der Waals surface area (Å²) in [5, 5.41) is 6.10. The minimum atomic E-state index is -3.59. The average molecular weight is 416 g/mol. The first kappa shape index (κ1) is 21.3. The van der Waals surface area contributed by atoms with Gasteiger partial charge in [-0.3, -0.25) is 4.79 Å². The van der Waals surface area contributed by atoms with E-state index in [0.717, 1.165) is 49.9 Å². The Balaban J connectivity index is 1.35. The molecule has 0 bridgehead atoms. The van der Waals surface area contributed by atoms with Crippen molar-refractivity contribution >= 4 is 21.6 Å². The third kappa shape index (κ3) is 6.58. The summed E-state index contributed by atoms with van der Waals surface area (Å²) in [6, 6.07) is 15.2. The van der Waals surface area contributed by atoms with E-state index in [1.807, 2.05) is 36.4 Å². The van der Waals surface area contributed by atoms with Crippen molar-refractivity contribution in [1.29, 1.82) is 0 Å². The first-order chi connectivity index (χ1) is 14.0. The SMILES string of the molecule is O=C(CCNS(=O)(=O)c1ccc2c(c1)CCCC2)NCCCNc1ccccc1. The minimum absolute atomic E-state index is 0.0908. The molecule has 0 heterocycles. The summed E-state index contributed by atoms with van der Waals surface area (Å²) < 4.78 is 27.5. The highest BCUT2D eigenvalue weighted by Crippen LogP contribution is 2.24. The molecule has 6 nitrogen and oxygen atoms in total. The second-order valence-corrected chi connectivity index (χ2v) is 9.05. The maximum absolute atomic E-state index is 12.5. The molecular formula is C22H29N3O3S. The van der Waals surface area contributed by atoms with Crippen molar-refractivity contribution in [3.05, 3.63) is 59.7 Å². The number of hydrogen-bond donors (Lipinski definition) is 3. The molecule has 0 unspecified atom stereocenters. The zero-order valence-electron chi connectivity index (χ0n) is 16.6. The lowest BCUT2D eigenvalue weighted by molar-refractivity contribution is -0.120. The molecule has 156 valence electrons. The molecule has 29 heavy (non-hydrogen) atoms.